The van der Waals surface area contributed by atoms with Gasteiger partial charge in [-0.2, -0.15) is 0 Å². The lowest BCUT2D eigenvalue weighted by Gasteiger charge is -2.22. The molecule has 0 radical (unpaired) electrons. The Kier molecular flexibility index (Phi) is 5.86. The van der Waals surface area contributed by atoms with Crippen molar-refractivity contribution >= 4 is 0 Å². The molecule has 2 rings (SSSR count). The second-order valence-corrected chi connectivity index (χ2v) is 5.74. The molecule has 1 N–H and O–H groups in total. The summed E-state index contributed by atoms with van der Waals surface area (Å²) in [5, 5.41) is 3.62. The molecule has 3 heteroatoms. The van der Waals surface area contributed by atoms with Gasteiger partial charge in [-0.3, -0.25) is 0 Å². The third-order valence-electron chi connectivity index (χ3n) is 4.04. The van der Waals surface area contributed by atoms with Gasteiger partial charge in [0.25, 0.3) is 0 Å². The first-order valence-electron chi connectivity index (χ1n) is 7.67. The van der Waals surface area contributed by atoms with Gasteiger partial charge in [0.05, 0.1) is 7.11 Å². The van der Waals surface area contributed by atoms with Crippen molar-refractivity contribution < 1.29 is 9.47 Å². The topological polar surface area (TPSA) is 30.5 Å². The van der Waals surface area contributed by atoms with E-state index in [4.69, 9.17) is 9.47 Å². The molecular weight excluding hydrogens is 250 g/mol. The summed E-state index contributed by atoms with van der Waals surface area (Å²) < 4.78 is 11.0. The minimum absolute atomic E-state index is 0.502. The molecule has 0 amide bonds. The molecule has 1 fully saturated rings. The van der Waals surface area contributed by atoms with Gasteiger partial charge in [-0.15, -0.1) is 0 Å². The van der Waals surface area contributed by atoms with Crippen LogP contribution in [0.1, 0.15) is 30.9 Å². The number of benzene rings is 1. The highest BCUT2D eigenvalue weighted by atomic mass is 16.5. The minimum Gasteiger partial charge on any atom is -0.496 e. The average molecular weight is 277 g/mol. The molecule has 1 aliphatic heterocycles. The van der Waals surface area contributed by atoms with E-state index in [1.807, 2.05) is 0 Å². The number of nitrogens with one attached hydrogen (secondary N) is 1. The maximum Gasteiger partial charge on any atom is 0.122 e. The van der Waals surface area contributed by atoms with Crippen LogP contribution in [0.5, 0.6) is 5.75 Å². The van der Waals surface area contributed by atoms with Crippen molar-refractivity contribution in [2.75, 3.05) is 26.9 Å². The summed E-state index contributed by atoms with van der Waals surface area (Å²) in [5.74, 6) is 1.70. The third kappa shape index (κ3) is 4.22. The second-order valence-electron chi connectivity index (χ2n) is 5.74. The molecule has 3 nitrogen and oxygen atoms in total. The summed E-state index contributed by atoms with van der Waals surface area (Å²) in [4.78, 5) is 0. The zero-order valence-electron chi connectivity index (χ0n) is 12.9. The Labute approximate surface area is 122 Å². The lowest BCUT2D eigenvalue weighted by Crippen LogP contribution is -2.33. The van der Waals surface area contributed by atoms with Gasteiger partial charge in [0.15, 0.2) is 0 Å². The van der Waals surface area contributed by atoms with Crippen molar-refractivity contribution in [3.8, 4) is 5.75 Å². The van der Waals surface area contributed by atoms with Gasteiger partial charge in [0.1, 0.15) is 5.75 Å². The highest BCUT2D eigenvalue weighted by Gasteiger charge is 2.21. The van der Waals surface area contributed by atoms with E-state index >= 15 is 0 Å². The van der Waals surface area contributed by atoms with Crippen LogP contribution in [0.15, 0.2) is 18.2 Å². The zero-order chi connectivity index (χ0) is 14.4. The first kappa shape index (κ1) is 15.3. The van der Waals surface area contributed by atoms with Crippen LogP contribution >= 0.6 is 0 Å². The lowest BCUT2D eigenvalue weighted by molar-refractivity contribution is 0.181. The van der Waals surface area contributed by atoms with Crippen LogP contribution in [-0.4, -0.2) is 32.9 Å². The molecule has 1 aromatic rings. The van der Waals surface area contributed by atoms with Crippen molar-refractivity contribution in [1.82, 2.24) is 5.32 Å². The monoisotopic (exact) mass is 277 g/mol. The molecular formula is C17H27NO2. The van der Waals surface area contributed by atoms with Crippen molar-refractivity contribution in [1.29, 1.82) is 0 Å². The van der Waals surface area contributed by atoms with Gasteiger partial charge in [-0.1, -0.05) is 24.6 Å². The summed E-state index contributed by atoms with van der Waals surface area (Å²) in [5.41, 5.74) is 2.60. The van der Waals surface area contributed by atoms with Crippen LogP contribution in [0.4, 0.5) is 0 Å². The number of hydrogen-bond donors (Lipinski definition) is 1. The molecule has 112 valence electrons. The van der Waals surface area contributed by atoms with E-state index in [2.05, 4.69) is 37.4 Å². The van der Waals surface area contributed by atoms with E-state index in [0.717, 1.165) is 31.9 Å². The highest BCUT2D eigenvalue weighted by Crippen LogP contribution is 2.25. The lowest BCUT2D eigenvalue weighted by atomic mass is 9.93. The SMILES string of the molecule is CCNC(Cc1cc(C)ccc1OC)CC1CCOC1. The van der Waals surface area contributed by atoms with Gasteiger partial charge >= 0.3 is 0 Å². The van der Waals surface area contributed by atoms with Gasteiger partial charge in [0, 0.05) is 19.3 Å². The molecule has 0 aliphatic carbocycles. The van der Waals surface area contributed by atoms with Crippen LogP contribution in [0, 0.1) is 12.8 Å². The number of methoxy groups -OCH3 is 1. The predicted octanol–water partition coefficient (Wildman–Crippen LogP) is 2.95. The van der Waals surface area contributed by atoms with E-state index in [9.17, 15) is 0 Å². The Morgan fingerprint density at radius 1 is 1.45 bits per heavy atom. The predicted molar refractivity (Wildman–Crippen MR) is 82.4 cm³/mol. The molecule has 0 aromatic heterocycles. The Morgan fingerprint density at radius 3 is 2.95 bits per heavy atom. The first-order chi connectivity index (χ1) is 9.72. The number of hydrogen-bond acceptors (Lipinski definition) is 3. The van der Waals surface area contributed by atoms with E-state index in [1.54, 1.807) is 7.11 Å². The van der Waals surface area contributed by atoms with E-state index in [1.165, 1.54) is 24.0 Å². The van der Waals surface area contributed by atoms with Crippen molar-refractivity contribution in [3.63, 3.8) is 0 Å². The fourth-order valence-electron chi connectivity index (χ4n) is 3.03. The standard InChI is InChI=1S/C17H27NO2/c1-4-18-16(10-14-7-8-20-12-14)11-15-9-13(2)5-6-17(15)19-3/h5-6,9,14,16,18H,4,7-8,10-12H2,1-3H3. The van der Waals surface area contributed by atoms with E-state index in [0.29, 0.717) is 12.0 Å². The number of likely N-dealkylation sites (N-methyl/N-ethyl adjacent to an activating group) is 1. The second kappa shape index (κ2) is 7.65. The summed E-state index contributed by atoms with van der Waals surface area (Å²) in [7, 11) is 1.75. The molecule has 0 saturated carbocycles. The van der Waals surface area contributed by atoms with Crippen LogP contribution in [0.25, 0.3) is 0 Å². The quantitative estimate of drug-likeness (QED) is 0.831. The Bertz CT molecular complexity index is 413. The average Bonchev–Trinajstić information content (AvgIpc) is 2.92. The first-order valence-corrected chi connectivity index (χ1v) is 7.67. The molecule has 2 unspecified atom stereocenters. The Morgan fingerprint density at radius 2 is 2.30 bits per heavy atom. The molecule has 1 aliphatic rings. The van der Waals surface area contributed by atoms with E-state index < -0.39 is 0 Å². The van der Waals surface area contributed by atoms with Gasteiger partial charge < -0.3 is 14.8 Å². The zero-order valence-corrected chi connectivity index (χ0v) is 12.9. The number of ether oxygens (including phenoxy) is 2. The van der Waals surface area contributed by atoms with Crippen LogP contribution in [-0.2, 0) is 11.2 Å². The van der Waals surface area contributed by atoms with Crippen LogP contribution < -0.4 is 10.1 Å². The van der Waals surface area contributed by atoms with Crippen LogP contribution in [0.2, 0.25) is 0 Å². The van der Waals surface area contributed by atoms with Crippen LogP contribution in [0.3, 0.4) is 0 Å². The van der Waals surface area contributed by atoms with Gasteiger partial charge in [-0.25, -0.2) is 0 Å². The molecule has 2 atom stereocenters. The van der Waals surface area contributed by atoms with Crippen molar-refractivity contribution in [3.05, 3.63) is 29.3 Å². The summed E-state index contributed by atoms with van der Waals surface area (Å²) in [6.45, 7) is 7.16. The normalized spacial score (nSPS) is 20.1. The minimum atomic E-state index is 0.502. The molecule has 20 heavy (non-hydrogen) atoms. The van der Waals surface area contributed by atoms with Gasteiger partial charge in [-0.05, 0) is 50.3 Å². The fourth-order valence-corrected chi connectivity index (χ4v) is 3.03. The summed E-state index contributed by atoms with van der Waals surface area (Å²) in [6, 6.07) is 6.93. The Hall–Kier alpha value is -1.06. The highest BCUT2D eigenvalue weighted by molar-refractivity contribution is 5.37. The summed E-state index contributed by atoms with van der Waals surface area (Å²) in [6.07, 6.45) is 3.41. The van der Waals surface area contributed by atoms with E-state index in [-0.39, 0.29) is 0 Å². The summed E-state index contributed by atoms with van der Waals surface area (Å²) >= 11 is 0. The number of aryl methyl sites for hydroxylation is 1. The molecule has 0 spiro atoms. The fraction of sp³-hybridized carbons (Fsp3) is 0.647. The van der Waals surface area contributed by atoms with Crippen molar-refractivity contribution in [2.24, 2.45) is 5.92 Å². The third-order valence-corrected chi connectivity index (χ3v) is 4.04. The van der Waals surface area contributed by atoms with Crippen molar-refractivity contribution in [2.45, 2.75) is 39.2 Å². The molecule has 1 saturated heterocycles. The molecule has 0 bridgehead atoms. The maximum atomic E-state index is 5.50. The number of rotatable bonds is 7. The maximum absolute atomic E-state index is 5.50. The smallest absolute Gasteiger partial charge is 0.122 e. The molecule has 1 aromatic carbocycles. The Balaban J connectivity index is 2.04. The van der Waals surface area contributed by atoms with Gasteiger partial charge in [0.2, 0.25) is 0 Å². The molecule has 1 heterocycles. The largest absolute Gasteiger partial charge is 0.496 e.